The van der Waals surface area contributed by atoms with Crippen molar-refractivity contribution in [2.24, 2.45) is 0 Å². The Labute approximate surface area is 123 Å². The van der Waals surface area contributed by atoms with Crippen molar-refractivity contribution in [2.75, 3.05) is 6.61 Å². The van der Waals surface area contributed by atoms with E-state index >= 15 is 0 Å². The van der Waals surface area contributed by atoms with E-state index in [1.807, 2.05) is 12.1 Å². The molecule has 0 saturated heterocycles. The predicted molar refractivity (Wildman–Crippen MR) is 81.4 cm³/mol. The molecule has 0 aromatic heterocycles. The highest BCUT2D eigenvalue weighted by Crippen LogP contribution is 2.15. The second-order valence-corrected chi connectivity index (χ2v) is 4.55. The average molecular weight is 286 g/mol. The third kappa shape index (κ3) is 4.17. The van der Waals surface area contributed by atoms with Crippen LogP contribution in [0.1, 0.15) is 5.56 Å². The van der Waals surface area contributed by atoms with Gasteiger partial charge in [0.15, 0.2) is 6.61 Å². The lowest BCUT2D eigenvalue weighted by Gasteiger charge is -2.07. The van der Waals surface area contributed by atoms with Gasteiger partial charge in [0.2, 0.25) is 0 Å². The van der Waals surface area contributed by atoms with Crippen molar-refractivity contribution in [2.45, 2.75) is 4.90 Å². The fraction of sp³-hybridized carbons (Fsp3) is 0.0625. The molecule has 0 spiro atoms. The first-order valence-electron chi connectivity index (χ1n) is 6.02. The standard InChI is InChI=1S/C16H14O3S/c1-2-12-3-5-13(6-4-12)18-11-16(17)19-14-7-9-15(20)10-8-14/h2-10,20H,1,11H2. The largest absolute Gasteiger partial charge is 0.482 e. The maximum Gasteiger partial charge on any atom is 0.349 e. The molecule has 0 unspecified atom stereocenters. The lowest BCUT2D eigenvalue weighted by molar-refractivity contribution is -0.136. The molecule has 0 heterocycles. The van der Waals surface area contributed by atoms with E-state index in [1.165, 1.54) is 0 Å². The summed E-state index contributed by atoms with van der Waals surface area (Å²) < 4.78 is 10.5. The first kappa shape index (κ1) is 14.2. The third-order valence-electron chi connectivity index (χ3n) is 2.54. The van der Waals surface area contributed by atoms with E-state index in [4.69, 9.17) is 9.47 Å². The van der Waals surface area contributed by atoms with E-state index in [0.717, 1.165) is 10.5 Å². The fourth-order valence-electron chi connectivity index (χ4n) is 1.52. The molecule has 0 atom stereocenters. The average Bonchev–Trinajstić information content (AvgIpc) is 2.48. The van der Waals surface area contributed by atoms with Gasteiger partial charge in [-0.15, -0.1) is 12.6 Å². The molecule has 0 bridgehead atoms. The van der Waals surface area contributed by atoms with E-state index in [0.29, 0.717) is 11.5 Å². The van der Waals surface area contributed by atoms with Crippen LogP contribution in [-0.2, 0) is 4.79 Å². The van der Waals surface area contributed by atoms with Crippen molar-refractivity contribution in [3.8, 4) is 11.5 Å². The summed E-state index contributed by atoms with van der Waals surface area (Å²) in [5.74, 6) is 0.626. The Hall–Kier alpha value is -2.20. The van der Waals surface area contributed by atoms with Crippen molar-refractivity contribution in [3.05, 3.63) is 60.7 Å². The molecule has 0 aliphatic carbocycles. The van der Waals surface area contributed by atoms with Gasteiger partial charge in [-0.3, -0.25) is 0 Å². The Morgan fingerprint density at radius 3 is 2.25 bits per heavy atom. The lowest BCUT2D eigenvalue weighted by atomic mass is 10.2. The quantitative estimate of drug-likeness (QED) is 0.518. The summed E-state index contributed by atoms with van der Waals surface area (Å²) in [5.41, 5.74) is 0.992. The van der Waals surface area contributed by atoms with Gasteiger partial charge >= 0.3 is 5.97 Å². The number of hydrogen-bond donors (Lipinski definition) is 1. The van der Waals surface area contributed by atoms with Crippen molar-refractivity contribution < 1.29 is 14.3 Å². The van der Waals surface area contributed by atoms with Crippen molar-refractivity contribution in [3.63, 3.8) is 0 Å². The Kier molecular flexibility index (Phi) is 4.85. The van der Waals surface area contributed by atoms with Gasteiger partial charge in [-0.1, -0.05) is 24.8 Å². The molecule has 0 aliphatic rings. The van der Waals surface area contributed by atoms with Crippen LogP contribution in [0.4, 0.5) is 0 Å². The van der Waals surface area contributed by atoms with Gasteiger partial charge in [-0.25, -0.2) is 4.79 Å². The molecule has 0 fully saturated rings. The number of ether oxygens (including phenoxy) is 2. The molecule has 2 aromatic rings. The topological polar surface area (TPSA) is 35.5 Å². The molecule has 0 radical (unpaired) electrons. The van der Waals surface area contributed by atoms with Crippen LogP contribution in [0.5, 0.6) is 11.5 Å². The van der Waals surface area contributed by atoms with E-state index in [-0.39, 0.29) is 6.61 Å². The summed E-state index contributed by atoms with van der Waals surface area (Å²) >= 11 is 4.16. The van der Waals surface area contributed by atoms with Crippen LogP contribution in [-0.4, -0.2) is 12.6 Å². The van der Waals surface area contributed by atoms with Gasteiger partial charge in [0.1, 0.15) is 11.5 Å². The van der Waals surface area contributed by atoms with Gasteiger partial charge in [0.25, 0.3) is 0 Å². The Morgan fingerprint density at radius 1 is 1.05 bits per heavy atom. The summed E-state index contributed by atoms with van der Waals surface area (Å²) in [5, 5.41) is 0. The Bertz CT molecular complexity index is 588. The number of rotatable bonds is 5. The van der Waals surface area contributed by atoms with Crippen molar-refractivity contribution >= 4 is 24.7 Å². The molecule has 0 aliphatic heterocycles. The first-order chi connectivity index (χ1) is 9.67. The van der Waals surface area contributed by atoms with E-state index < -0.39 is 5.97 Å². The minimum atomic E-state index is -0.454. The number of carbonyl (C=O) groups is 1. The minimum absolute atomic E-state index is 0.143. The summed E-state index contributed by atoms with van der Waals surface area (Å²) in [6.45, 7) is 3.52. The molecule has 3 nitrogen and oxygen atoms in total. The first-order valence-corrected chi connectivity index (χ1v) is 6.47. The van der Waals surface area contributed by atoms with Gasteiger partial charge < -0.3 is 9.47 Å². The molecule has 2 aromatic carbocycles. The van der Waals surface area contributed by atoms with Gasteiger partial charge in [0, 0.05) is 4.90 Å². The lowest BCUT2D eigenvalue weighted by Crippen LogP contribution is -2.17. The molecular weight excluding hydrogens is 272 g/mol. The number of hydrogen-bond acceptors (Lipinski definition) is 4. The Morgan fingerprint density at radius 2 is 1.65 bits per heavy atom. The third-order valence-corrected chi connectivity index (χ3v) is 2.84. The van der Waals surface area contributed by atoms with Gasteiger partial charge in [-0.05, 0) is 42.0 Å². The minimum Gasteiger partial charge on any atom is -0.482 e. The highest BCUT2D eigenvalue weighted by molar-refractivity contribution is 7.80. The maximum absolute atomic E-state index is 11.6. The van der Waals surface area contributed by atoms with E-state index in [9.17, 15) is 4.79 Å². The van der Waals surface area contributed by atoms with Crippen LogP contribution < -0.4 is 9.47 Å². The summed E-state index contributed by atoms with van der Waals surface area (Å²) in [6.07, 6.45) is 1.74. The predicted octanol–water partition coefficient (Wildman–Crippen LogP) is 3.60. The molecule has 20 heavy (non-hydrogen) atoms. The second-order valence-electron chi connectivity index (χ2n) is 4.03. The zero-order valence-corrected chi connectivity index (χ0v) is 11.7. The van der Waals surface area contributed by atoms with Crippen LogP contribution >= 0.6 is 12.6 Å². The number of esters is 1. The van der Waals surface area contributed by atoms with Gasteiger partial charge in [0.05, 0.1) is 0 Å². The number of thiol groups is 1. The van der Waals surface area contributed by atoms with Crippen LogP contribution in [0.2, 0.25) is 0 Å². The summed E-state index contributed by atoms with van der Waals surface area (Å²) in [4.78, 5) is 12.4. The fourth-order valence-corrected chi connectivity index (χ4v) is 1.67. The highest BCUT2D eigenvalue weighted by atomic mass is 32.1. The Balaban J connectivity index is 1.85. The second kappa shape index (κ2) is 6.82. The highest BCUT2D eigenvalue weighted by Gasteiger charge is 2.06. The van der Waals surface area contributed by atoms with Gasteiger partial charge in [-0.2, -0.15) is 0 Å². The van der Waals surface area contributed by atoms with E-state index in [2.05, 4.69) is 19.2 Å². The summed E-state index contributed by atoms with van der Waals surface area (Å²) in [7, 11) is 0. The molecule has 4 heteroatoms. The normalized spacial score (nSPS) is 9.85. The number of carbonyl (C=O) groups excluding carboxylic acids is 1. The molecular formula is C16H14O3S. The molecule has 2 rings (SSSR count). The number of benzene rings is 2. The maximum atomic E-state index is 11.6. The van der Waals surface area contributed by atoms with Crippen molar-refractivity contribution in [1.29, 1.82) is 0 Å². The smallest absolute Gasteiger partial charge is 0.349 e. The summed E-state index contributed by atoms with van der Waals surface area (Å²) in [6, 6.07) is 14.1. The molecule has 102 valence electrons. The monoisotopic (exact) mass is 286 g/mol. The molecule has 0 amide bonds. The zero-order chi connectivity index (χ0) is 14.4. The van der Waals surface area contributed by atoms with Crippen LogP contribution in [0, 0.1) is 0 Å². The SMILES string of the molecule is C=Cc1ccc(OCC(=O)Oc2ccc(S)cc2)cc1. The van der Waals surface area contributed by atoms with Crippen molar-refractivity contribution in [1.82, 2.24) is 0 Å². The molecule has 0 N–H and O–H groups in total. The van der Waals surface area contributed by atoms with Crippen LogP contribution in [0.25, 0.3) is 6.08 Å². The van der Waals surface area contributed by atoms with E-state index in [1.54, 1.807) is 42.5 Å². The van der Waals surface area contributed by atoms with Crippen LogP contribution in [0.3, 0.4) is 0 Å². The van der Waals surface area contributed by atoms with Crippen LogP contribution in [0.15, 0.2) is 60.0 Å². The zero-order valence-electron chi connectivity index (χ0n) is 10.8. The molecule has 0 saturated carbocycles.